The molecule has 1 aromatic rings. The van der Waals surface area contributed by atoms with Crippen LogP contribution in [-0.2, 0) is 0 Å². The second-order valence-corrected chi connectivity index (χ2v) is 5.44. The third kappa shape index (κ3) is 2.39. The maximum atomic E-state index is 5.80. The first kappa shape index (κ1) is 10.2. The van der Waals surface area contributed by atoms with E-state index in [2.05, 4.69) is 33.2 Å². The first-order valence-electron chi connectivity index (χ1n) is 4.64. The van der Waals surface area contributed by atoms with E-state index in [0.29, 0.717) is 10.4 Å². The number of halogens is 2. The Labute approximate surface area is 97.2 Å². The van der Waals surface area contributed by atoms with Crippen LogP contribution in [0.25, 0.3) is 0 Å². The average molecular weight is 276 g/mol. The Morgan fingerprint density at radius 3 is 2.93 bits per heavy atom. The topological polar surface area (TPSA) is 24.9 Å². The Hall–Kier alpha value is -0.280. The monoisotopic (exact) mass is 274 g/mol. The lowest BCUT2D eigenvalue weighted by Gasteiger charge is -2.11. The van der Waals surface area contributed by atoms with Gasteiger partial charge in [0, 0.05) is 12.7 Å². The van der Waals surface area contributed by atoms with Crippen molar-refractivity contribution in [1.29, 1.82) is 0 Å². The first-order chi connectivity index (χ1) is 6.59. The lowest BCUT2D eigenvalue weighted by molar-refractivity contribution is 0.609. The van der Waals surface area contributed by atoms with E-state index in [1.807, 2.05) is 6.07 Å². The van der Waals surface area contributed by atoms with Crippen LogP contribution in [0.3, 0.4) is 0 Å². The van der Waals surface area contributed by atoms with Gasteiger partial charge in [-0.15, -0.1) is 0 Å². The molecule has 1 N–H and O–H groups in total. The van der Waals surface area contributed by atoms with Crippen molar-refractivity contribution in [2.75, 3.05) is 11.9 Å². The van der Waals surface area contributed by atoms with Crippen LogP contribution in [0.15, 0.2) is 16.7 Å². The van der Waals surface area contributed by atoms with Crippen molar-refractivity contribution in [2.24, 2.45) is 5.41 Å². The quantitative estimate of drug-likeness (QED) is 0.909. The van der Waals surface area contributed by atoms with Crippen molar-refractivity contribution in [3.8, 4) is 0 Å². The van der Waals surface area contributed by atoms with Gasteiger partial charge >= 0.3 is 0 Å². The van der Waals surface area contributed by atoms with Gasteiger partial charge < -0.3 is 5.32 Å². The highest BCUT2D eigenvalue weighted by atomic mass is 79.9. The summed E-state index contributed by atoms with van der Waals surface area (Å²) in [6.45, 7) is 3.27. The SMILES string of the molecule is CC1(CNc2ncc(Cl)cc2Br)CC1. The zero-order chi connectivity index (χ0) is 10.2. The van der Waals surface area contributed by atoms with Gasteiger partial charge in [-0.3, -0.25) is 0 Å². The summed E-state index contributed by atoms with van der Waals surface area (Å²) in [7, 11) is 0. The van der Waals surface area contributed by atoms with Gasteiger partial charge in [0.2, 0.25) is 0 Å². The van der Waals surface area contributed by atoms with E-state index in [1.54, 1.807) is 6.20 Å². The molecule has 14 heavy (non-hydrogen) atoms. The number of pyridine rings is 1. The molecule has 2 nitrogen and oxygen atoms in total. The number of rotatable bonds is 3. The van der Waals surface area contributed by atoms with Crippen molar-refractivity contribution in [2.45, 2.75) is 19.8 Å². The molecule has 0 atom stereocenters. The molecule has 1 aliphatic rings. The molecule has 1 saturated carbocycles. The van der Waals surface area contributed by atoms with Crippen LogP contribution >= 0.6 is 27.5 Å². The lowest BCUT2D eigenvalue weighted by Crippen LogP contribution is -2.12. The fourth-order valence-corrected chi connectivity index (χ4v) is 2.01. The molecular formula is C10H12BrClN2. The number of hydrogen-bond donors (Lipinski definition) is 1. The van der Waals surface area contributed by atoms with Crippen LogP contribution in [0.1, 0.15) is 19.8 Å². The van der Waals surface area contributed by atoms with Gasteiger partial charge in [-0.25, -0.2) is 4.98 Å². The normalized spacial score (nSPS) is 17.9. The molecule has 0 amide bonds. The minimum atomic E-state index is 0.487. The summed E-state index contributed by atoms with van der Waals surface area (Å²) in [5.74, 6) is 0.877. The van der Waals surface area contributed by atoms with E-state index in [9.17, 15) is 0 Å². The van der Waals surface area contributed by atoms with Gasteiger partial charge in [-0.2, -0.15) is 0 Å². The van der Waals surface area contributed by atoms with Gasteiger partial charge in [0.15, 0.2) is 0 Å². The molecule has 0 spiro atoms. The van der Waals surface area contributed by atoms with Gasteiger partial charge in [0.1, 0.15) is 5.82 Å². The molecular weight excluding hydrogens is 263 g/mol. The van der Waals surface area contributed by atoms with Crippen LogP contribution in [0, 0.1) is 5.41 Å². The molecule has 0 radical (unpaired) electrons. The second kappa shape index (κ2) is 3.70. The Morgan fingerprint density at radius 2 is 2.36 bits per heavy atom. The van der Waals surface area contributed by atoms with Gasteiger partial charge in [-0.05, 0) is 40.3 Å². The summed E-state index contributed by atoms with van der Waals surface area (Å²) < 4.78 is 0.925. The minimum absolute atomic E-state index is 0.487. The first-order valence-corrected chi connectivity index (χ1v) is 5.81. The van der Waals surface area contributed by atoms with Gasteiger partial charge in [-0.1, -0.05) is 18.5 Å². The Morgan fingerprint density at radius 1 is 1.64 bits per heavy atom. The Kier molecular flexibility index (Phi) is 2.71. The summed E-state index contributed by atoms with van der Waals surface area (Å²) >= 11 is 9.22. The Balaban J connectivity index is 2.02. The lowest BCUT2D eigenvalue weighted by atomic mass is 10.1. The van der Waals surface area contributed by atoms with Crippen LogP contribution in [0.4, 0.5) is 5.82 Å². The summed E-state index contributed by atoms with van der Waals surface area (Å²) in [6.07, 6.45) is 4.28. The van der Waals surface area contributed by atoms with Crippen LogP contribution in [0.2, 0.25) is 5.02 Å². The molecule has 1 aliphatic carbocycles. The van der Waals surface area contributed by atoms with Crippen LogP contribution in [-0.4, -0.2) is 11.5 Å². The minimum Gasteiger partial charge on any atom is -0.369 e. The third-order valence-corrected chi connectivity index (χ3v) is 3.41. The second-order valence-electron chi connectivity index (χ2n) is 4.15. The van der Waals surface area contributed by atoms with Crippen molar-refractivity contribution in [3.05, 3.63) is 21.8 Å². The fourth-order valence-electron chi connectivity index (χ4n) is 1.23. The van der Waals surface area contributed by atoms with Gasteiger partial charge in [0.05, 0.1) is 9.50 Å². The zero-order valence-electron chi connectivity index (χ0n) is 7.98. The molecule has 0 aromatic carbocycles. The van der Waals surface area contributed by atoms with E-state index < -0.39 is 0 Å². The summed E-state index contributed by atoms with van der Waals surface area (Å²) in [5.41, 5.74) is 0.487. The van der Waals surface area contributed by atoms with Crippen molar-refractivity contribution >= 4 is 33.3 Å². The number of hydrogen-bond acceptors (Lipinski definition) is 2. The number of aromatic nitrogens is 1. The third-order valence-electron chi connectivity index (χ3n) is 2.59. The molecule has 1 heterocycles. The predicted molar refractivity (Wildman–Crippen MR) is 62.8 cm³/mol. The van der Waals surface area contributed by atoms with Crippen molar-refractivity contribution in [1.82, 2.24) is 4.98 Å². The van der Waals surface area contributed by atoms with E-state index in [0.717, 1.165) is 16.8 Å². The molecule has 2 rings (SSSR count). The molecule has 76 valence electrons. The maximum Gasteiger partial charge on any atom is 0.140 e. The average Bonchev–Trinajstić information content (AvgIpc) is 2.83. The smallest absolute Gasteiger partial charge is 0.140 e. The van der Waals surface area contributed by atoms with Gasteiger partial charge in [0.25, 0.3) is 0 Å². The van der Waals surface area contributed by atoms with Crippen molar-refractivity contribution in [3.63, 3.8) is 0 Å². The maximum absolute atomic E-state index is 5.80. The molecule has 1 aromatic heterocycles. The van der Waals surface area contributed by atoms with E-state index in [4.69, 9.17) is 11.6 Å². The predicted octanol–water partition coefficient (Wildman–Crippen LogP) is 3.71. The fraction of sp³-hybridized carbons (Fsp3) is 0.500. The molecule has 0 bridgehead atoms. The van der Waals surface area contributed by atoms with Crippen LogP contribution in [0.5, 0.6) is 0 Å². The summed E-state index contributed by atoms with van der Waals surface area (Å²) in [4.78, 5) is 4.22. The molecule has 0 unspecified atom stereocenters. The highest BCUT2D eigenvalue weighted by Crippen LogP contribution is 2.44. The highest BCUT2D eigenvalue weighted by molar-refractivity contribution is 9.10. The number of nitrogens with zero attached hydrogens (tertiary/aromatic N) is 1. The standard InChI is InChI=1S/C10H12BrClN2/c1-10(2-3-10)6-14-9-8(11)4-7(12)5-13-9/h4-5H,2-3,6H2,1H3,(H,13,14). The largest absolute Gasteiger partial charge is 0.369 e. The molecule has 4 heteroatoms. The number of nitrogens with one attached hydrogen (secondary N) is 1. The molecule has 0 saturated heterocycles. The van der Waals surface area contributed by atoms with E-state index >= 15 is 0 Å². The Bertz CT molecular complexity index is 350. The van der Waals surface area contributed by atoms with Crippen molar-refractivity contribution < 1.29 is 0 Å². The summed E-state index contributed by atoms with van der Waals surface area (Å²) in [6, 6.07) is 1.85. The zero-order valence-corrected chi connectivity index (χ0v) is 10.3. The van der Waals surface area contributed by atoms with E-state index in [1.165, 1.54) is 12.8 Å². The van der Waals surface area contributed by atoms with Crippen LogP contribution < -0.4 is 5.32 Å². The highest BCUT2D eigenvalue weighted by Gasteiger charge is 2.36. The van der Waals surface area contributed by atoms with E-state index in [-0.39, 0.29) is 0 Å². The molecule has 1 fully saturated rings. The number of anilines is 1. The summed E-state index contributed by atoms with van der Waals surface area (Å²) in [5, 5.41) is 3.98. The molecule has 0 aliphatic heterocycles.